The van der Waals surface area contributed by atoms with Crippen LogP contribution in [0.15, 0.2) is 0 Å². The van der Waals surface area contributed by atoms with E-state index in [1.54, 1.807) is 0 Å². The number of ether oxygens (including phenoxy) is 8. The Bertz CT molecular complexity index is 2290. The fourth-order valence-corrected chi connectivity index (χ4v) is 10.8. The zero-order valence-electron chi connectivity index (χ0n) is 55.1. The third-order valence-electron chi connectivity index (χ3n) is 16.6. The van der Waals surface area contributed by atoms with Crippen molar-refractivity contribution in [3.8, 4) is 0 Å². The Balaban J connectivity index is 1.38. The van der Waals surface area contributed by atoms with E-state index in [9.17, 15) is 110 Å². The van der Waals surface area contributed by atoms with Crippen molar-refractivity contribution in [1.29, 1.82) is 0 Å². The Morgan fingerprint density at radius 2 is 0.755 bits per heavy atom. The molecule has 0 saturated carbocycles. The smallest absolute Gasteiger partial charge is 0.242 e. The topological polar surface area (TPSA) is 610 Å². The Labute approximate surface area is 566 Å². The molecule has 4 unspecified atom stereocenters. The van der Waals surface area contributed by atoms with Gasteiger partial charge in [-0.3, -0.25) is 38.5 Å². The Morgan fingerprint density at radius 1 is 0.388 bits per heavy atom. The van der Waals surface area contributed by atoms with Gasteiger partial charge in [-0.25, -0.2) is 0 Å². The van der Waals surface area contributed by atoms with Crippen LogP contribution in [0.3, 0.4) is 0 Å². The number of nitrogens with zero attached hydrogens (tertiary/aromatic N) is 1. The first-order valence-corrected chi connectivity index (χ1v) is 33.2. The van der Waals surface area contributed by atoms with Crippen LogP contribution in [-0.2, 0) is 71.5 Å². The maximum Gasteiger partial charge on any atom is 0.242 e. The van der Waals surface area contributed by atoms with Crippen molar-refractivity contribution < 1.29 is 148 Å². The predicted molar refractivity (Wildman–Crippen MR) is 332 cm³/mol. The summed E-state index contributed by atoms with van der Waals surface area (Å²) in [6.07, 6.45) is -26.9. The van der Waals surface area contributed by atoms with Crippen LogP contribution in [0.4, 0.5) is 0 Å². The van der Waals surface area contributed by atoms with Gasteiger partial charge in [-0.2, -0.15) is 0 Å². The van der Waals surface area contributed by atoms with Crippen molar-refractivity contribution in [3.63, 3.8) is 0 Å². The number of carbonyl (C=O) groups excluding carboxylic acids is 7. The number of rotatable bonds is 46. The summed E-state index contributed by atoms with van der Waals surface area (Å²) in [5.74, 6) is -4.12. The summed E-state index contributed by atoms with van der Waals surface area (Å²) in [7, 11) is 0. The van der Waals surface area contributed by atoms with Gasteiger partial charge in [0.2, 0.25) is 41.4 Å². The van der Waals surface area contributed by atoms with Crippen LogP contribution in [0, 0.1) is 0 Å². The molecule has 4 rings (SSSR count). The summed E-state index contributed by atoms with van der Waals surface area (Å²) in [4.78, 5) is 95.2. The first-order valence-electron chi connectivity index (χ1n) is 33.2. The molecule has 0 aromatic rings. The molecule has 39 heteroatoms. The predicted octanol–water partition coefficient (Wildman–Crippen LogP) is -11.8. The third-order valence-corrected chi connectivity index (χ3v) is 16.6. The normalized spacial score (nSPS) is 31.0. The second kappa shape index (κ2) is 46.0. The fraction of sp³-hybridized carbons (Fsp3) is 0.881. The molecule has 24 N–H and O–H groups in total. The van der Waals surface area contributed by atoms with E-state index in [-0.39, 0.29) is 110 Å². The first-order chi connectivity index (χ1) is 46.8. The van der Waals surface area contributed by atoms with E-state index in [1.165, 1.54) is 11.8 Å². The third kappa shape index (κ3) is 28.6. The number of nitrogens with one attached hydrogen (secondary N) is 7. The van der Waals surface area contributed by atoms with Crippen LogP contribution in [-0.4, -0.2) is 363 Å². The SMILES string of the molecule is C[C@@H]1O[C@@H](OCCNC(=O)CCCCCNC(=O)[C@H](CCC(=O)NCCCC[C@@H](C(=O)NCCO[C@H]2O[C@H](CO)[C@@H](O)[C@H](O)[C@@H]2O)N(CC(=O)NCCO[C@H]2OC(CO)C(O)[C@H](O)[C@@H]2O)CC(=O)NCCO[C@H]2OC(CO)C(O)[C@H](O)[C@@H]2O)NC(=O)CCCCCN)[C@@H](O)[C@H](O)[C@@H]1O. The largest absolute Gasteiger partial charge is 0.394 e. The molecule has 0 spiro atoms. The van der Waals surface area contributed by atoms with Crippen molar-refractivity contribution >= 4 is 41.4 Å². The van der Waals surface area contributed by atoms with Gasteiger partial charge in [0.25, 0.3) is 0 Å². The van der Waals surface area contributed by atoms with Crippen LogP contribution in [0.5, 0.6) is 0 Å². The molecule has 0 bridgehead atoms. The zero-order valence-corrected chi connectivity index (χ0v) is 55.1. The van der Waals surface area contributed by atoms with Gasteiger partial charge in [0.1, 0.15) is 97.6 Å². The molecule has 0 aromatic heterocycles. The average molecular weight is 1420 g/mol. The molecule has 4 heterocycles. The van der Waals surface area contributed by atoms with Gasteiger partial charge in [-0.05, 0) is 64.8 Å². The first kappa shape index (κ1) is 85.7. The number of aliphatic hydroxyl groups is 15. The average Bonchev–Trinajstić information content (AvgIpc) is 0.877. The van der Waals surface area contributed by atoms with Crippen molar-refractivity contribution in [1.82, 2.24) is 42.1 Å². The molecule has 4 fully saturated rings. The van der Waals surface area contributed by atoms with Crippen LogP contribution in [0.2, 0.25) is 0 Å². The molecule has 4 aliphatic heterocycles. The van der Waals surface area contributed by atoms with Gasteiger partial charge in [0, 0.05) is 58.5 Å². The summed E-state index contributed by atoms with van der Waals surface area (Å²) in [5.41, 5.74) is 5.60. The molecule has 22 atom stereocenters. The van der Waals surface area contributed by atoms with Gasteiger partial charge < -0.3 is 157 Å². The summed E-state index contributed by atoms with van der Waals surface area (Å²) in [6, 6.07) is -2.46. The lowest BCUT2D eigenvalue weighted by molar-refractivity contribution is -0.300. The molecular weight excluding hydrogens is 1310 g/mol. The molecule has 0 radical (unpaired) electrons. The molecule has 4 saturated heterocycles. The summed E-state index contributed by atoms with van der Waals surface area (Å²) in [6.45, 7) is -3.44. The molecular formula is C59H107N9O30. The lowest BCUT2D eigenvalue weighted by atomic mass is 9.99. The minimum atomic E-state index is -1.78. The van der Waals surface area contributed by atoms with Crippen LogP contribution < -0.4 is 43.0 Å². The van der Waals surface area contributed by atoms with Crippen molar-refractivity contribution in [2.75, 3.05) is 105 Å². The van der Waals surface area contributed by atoms with Crippen molar-refractivity contribution in [2.24, 2.45) is 5.73 Å². The van der Waals surface area contributed by atoms with Gasteiger partial charge in [-0.15, -0.1) is 0 Å². The lowest BCUT2D eigenvalue weighted by Crippen LogP contribution is -2.59. The number of amides is 7. The highest BCUT2D eigenvalue weighted by Crippen LogP contribution is 2.26. The van der Waals surface area contributed by atoms with E-state index >= 15 is 0 Å². The number of hydrogen-bond donors (Lipinski definition) is 23. The number of unbranched alkanes of at least 4 members (excludes halogenated alkanes) is 5. The van der Waals surface area contributed by atoms with Gasteiger partial charge >= 0.3 is 0 Å². The molecule has 4 aliphatic rings. The standard InChI is InChI=1S/C59H107N9O30/c1-31-42(77)46(81)50(85)56(95-31)91-22-18-62-37(72)11-5-3-8-17-65-54(89)32(67-39(74)12-4-2-7-15-60)13-14-38(73)61-16-9-6-10-33(55(90)66-21-25-94-59-53(88)49(84)45(80)36(30-71)98-59)68(26-40(75)63-19-23-92-57-51(86)47(82)43(78)34(28-69)96-57)27-41(76)64-20-24-93-58-52(87)48(83)44(79)35(29-70)97-58/h31-36,42-53,56-59,69-71,77-88H,2-30,60H2,1H3,(H,61,73)(H,62,72)(H,63,75)(H,64,76)(H,65,89)(H,66,90)(H,67,74)/t31-,32-,33-,34?,35?,36+,42+,43?,44?,45+,46+,47-,48-,49-,50-,51-,52-,53-,56+,57-,58-,59-/m0/s1. The van der Waals surface area contributed by atoms with E-state index in [2.05, 4.69) is 37.2 Å². The van der Waals surface area contributed by atoms with Gasteiger partial charge in [0.05, 0.1) is 71.5 Å². The summed E-state index contributed by atoms with van der Waals surface area (Å²) >= 11 is 0. The maximum absolute atomic E-state index is 14.3. The molecule has 568 valence electrons. The quantitative estimate of drug-likeness (QED) is 0.0252. The zero-order chi connectivity index (χ0) is 72.4. The number of nitrogens with two attached hydrogens (primary N) is 1. The van der Waals surface area contributed by atoms with E-state index in [1.807, 2.05) is 0 Å². The molecule has 39 nitrogen and oxygen atoms in total. The van der Waals surface area contributed by atoms with Crippen molar-refractivity contribution in [3.05, 3.63) is 0 Å². The van der Waals surface area contributed by atoms with E-state index in [0.717, 1.165) is 0 Å². The Hall–Kier alpha value is -4.71. The summed E-state index contributed by atoms with van der Waals surface area (Å²) in [5, 5.41) is 170. The Kier molecular flexibility index (Phi) is 40.2. The van der Waals surface area contributed by atoms with E-state index in [4.69, 9.17) is 43.6 Å². The highest BCUT2D eigenvalue weighted by atomic mass is 16.7. The van der Waals surface area contributed by atoms with Gasteiger partial charge in [0.15, 0.2) is 25.2 Å². The molecule has 7 amide bonds. The monoisotopic (exact) mass is 1420 g/mol. The lowest BCUT2D eigenvalue weighted by Gasteiger charge is -2.39. The van der Waals surface area contributed by atoms with E-state index < -0.39 is 210 Å². The summed E-state index contributed by atoms with van der Waals surface area (Å²) < 4.78 is 43.4. The second-order valence-corrected chi connectivity index (χ2v) is 24.2. The molecule has 0 aliphatic carbocycles. The van der Waals surface area contributed by atoms with Crippen molar-refractivity contribution in [2.45, 2.75) is 225 Å². The maximum atomic E-state index is 14.3. The molecule has 0 aromatic carbocycles. The highest BCUT2D eigenvalue weighted by molar-refractivity contribution is 5.88. The van der Waals surface area contributed by atoms with Crippen LogP contribution >= 0.6 is 0 Å². The highest BCUT2D eigenvalue weighted by Gasteiger charge is 2.47. The van der Waals surface area contributed by atoms with Crippen LogP contribution in [0.25, 0.3) is 0 Å². The minimum Gasteiger partial charge on any atom is -0.394 e. The minimum absolute atomic E-state index is 0.00974. The fourth-order valence-electron chi connectivity index (χ4n) is 10.8. The number of hydrogen-bond acceptors (Lipinski definition) is 32. The molecule has 98 heavy (non-hydrogen) atoms. The second-order valence-electron chi connectivity index (χ2n) is 24.2. The Morgan fingerprint density at radius 3 is 1.21 bits per heavy atom. The number of aliphatic hydroxyl groups excluding tert-OH is 15. The number of carbonyl (C=O) groups is 7. The van der Waals surface area contributed by atoms with Gasteiger partial charge in [-0.1, -0.05) is 12.8 Å². The van der Waals surface area contributed by atoms with Crippen LogP contribution in [0.1, 0.15) is 90.4 Å². The van der Waals surface area contributed by atoms with E-state index in [0.29, 0.717) is 45.1 Å².